The molecule has 0 saturated heterocycles. The number of hydrogen-bond donors (Lipinski definition) is 0. The van der Waals surface area contributed by atoms with Crippen LogP contribution in [0.2, 0.25) is 0 Å². The van der Waals surface area contributed by atoms with Crippen molar-refractivity contribution in [2.45, 2.75) is 19.4 Å². The summed E-state index contributed by atoms with van der Waals surface area (Å²) < 4.78 is 6.84. The van der Waals surface area contributed by atoms with Crippen molar-refractivity contribution in [3.8, 4) is 0 Å². The number of ether oxygens (including phenoxy) is 1. The highest BCUT2D eigenvalue weighted by Crippen LogP contribution is 2.24. The van der Waals surface area contributed by atoms with Gasteiger partial charge in [-0.2, -0.15) is 0 Å². The third kappa shape index (κ3) is 3.88. The fraction of sp³-hybridized carbons (Fsp3) is 0.263. The van der Waals surface area contributed by atoms with E-state index in [0.29, 0.717) is 12.0 Å². The van der Waals surface area contributed by atoms with Crippen LogP contribution in [0.25, 0.3) is 10.9 Å². The number of methoxy groups -OCH3 is 1. The summed E-state index contributed by atoms with van der Waals surface area (Å²) in [5.74, 6) is -0.421. The predicted molar refractivity (Wildman–Crippen MR) is 96.8 cm³/mol. The smallest absolute Gasteiger partial charge is 0.337 e. The molecule has 0 bridgehead atoms. The van der Waals surface area contributed by atoms with Gasteiger partial charge in [0.15, 0.2) is 0 Å². The molecule has 0 aliphatic carbocycles. The lowest BCUT2D eigenvalue weighted by Crippen LogP contribution is -2.04. The number of aryl methyl sites for hydroxylation is 2. The molecule has 0 fully saturated rings. The molecule has 2 heterocycles. The van der Waals surface area contributed by atoms with E-state index in [-0.39, 0.29) is 11.5 Å². The van der Waals surface area contributed by atoms with Crippen molar-refractivity contribution < 1.29 is 14.5 Å². The summed E-state index contributed by atoms with van der Waals surface area (Å²) >= 11 is 0. The summed E-state index contributed by atoms with van der Waals surface area (Å²) in [5.41, 5.74) is 3.35. The van der Waals surface area contributed by atoms with Gasteiger partial charge in [-0.15, -0.1) is 0 Å². The molecular weight excluding hydrogens is 334 g/mol. The second-order valence-corrected chi connectivity index (χ2v) is 5.99. The first-order valence-corrected chi connectivity index (χ1v) is 8.29. The van der Waals surface area contributed by atoms with Gasteiger partial charge in [0.1, 0.15) is 0 Å². The van der Waals surface area contributed by atoms with E-state index in [0.717, 1.165) is 35.0 Å². The zero-order valence-corrected chi connectivity index (χ0v) is 14.4. The molecule has 0 aliphatic heterocycles. The van der Waals surface area contributed by atoms with Crippen LogP contribution in [0.15, 0.2) is 48.9 Å². The highest BCUT2D eigenvalue weighted by atomic mass is 16.6. The lowest BCUT2D eigenvalue weighted by atomic mass is 10.1. The molecule has 7 heteroatoms. The molecule has 0 saturated carbocycles. The maximum absolute atomic E-state index is 11.8. The first kappa shape index (κ1) is 17.6. The third-order valence-electron chi connectivity index (χ3n) is 4.31. The standard InChI is InChI=1S/C19H19N3O4/c1-26-19(23)15-4-5-18-17(11-15)16(7-10-22(24)25)13-21(18)9-6-14-3-2-8-20-12-14/h2-5,8,11-13H,6-7,9-10H2,1H3. The summed E-state index contributed by atoms with van der Waals surface area (Å²) in [6, 6.07) is 9.24. The fourth-order valence-electron chi connectivity index (χ4n) is 3.01. The number of hydrogen-bond acceptors (Lipinski definition) is 5. The van der Waals surface area contributed by atoms with Gasteiger partial charge >= 0.3 is 5.97 Å². The van der Waals surface area contributed by atoms with Crippen LogP contribution < -0.4 is 0 Å². The van der Waals surface area contributed by atoms with Gasteiger partial charge in [0.2, 0.25) is 6.54 Å². The lowest BCUT2D eigenvalue weighted by molar-refractivity contribution is -0.479. The highest BCUT2D eigenvalue weighted by molar-refractivity contribution is 5.95. The van der Waals surface area contributed by atoms with E-state index in [1.165, 1.54) is 7.11 Å². The third-order valence-corrected chi connectivity index (χ3v) is 4.31. The van der Waals surface area contributed by atoms with Gasteiger partial charge in [0.25, 0.3) is 0 Å². The number of fused-ring (bicyclic) bond motifs is 1. The summed E-state index contributed by atoms with van der Waals surface area (Å²) in [7, 11) is 1.33. The average molecular weight is 353 g/mol. The van der Waals surface area contributed by atoms with Crippen molar-refractivity contribution in [2.75, 3.05) is 13.7 Å². The number of pyridine rings is 1. The Balaban J connectivity index is 1.94. The minimum absolute atomic E-state index is 0.149. The van der Waals surface area contributed by atoms with Crippen molar-refractivity contribution in [3.63, 3.8) is 0 Å². The minimum atomic E-state index is -0.421. The lowest BCUT2D eigenvalue weighted by Gasteiger charge is -2.06. The van der Waals surface area contributed by atoms with Crippen molar-refractivity contribution in [2.24, 2.45) is 0 Å². The topological polar surface area (TPSA) is 87.3 Å². The molecular formula is C19H19N3O4. The molecule has 0 aliphatic rings. The van der Waals surface area contributed by atoms with Crippen LogP contribution in [0, 0.1) is 10.1 Å². The van der Waals surface area contributed by atoms with Gasteiger partial charge in [-0.3, -0.25) is 15.1 Å². The van der Waals surface area contributed by atoms with Crippen molar-refractivity contribution >= 4 is 16.9 Å². The Kier molecular flexibility index (Phi) is 5.26. The van der Waals surface area contributed by atoms with E-state index >= 15 is 0 Å². The van der Waals surface area contributed by atoms with Gasteiger partial charge in [0.05, 0.1) is 12.7 Å². The Morgan fingerprint density at radius 3 is 2.85 bits per heavy atom. The van der Waals surface area contributed by atoms with Crippen LogP contribution in [0.1, 0.15) is 21.5 Å². The molecule has 0 spiro atoms. The first-order valence-electron chi connectivity index (χ1n) is 8.29. The molecule has 3 rings (SSSR count). The van der Waals surface area contributed by atoms with Gasteiger partial charge in [-0.1, -0.05) is 6.07 Å². The van der Waals surface area contributed by atoms with Crippen molar-refractivity contribution in [1.82, 2.24) is 9.55 Å². The van der Waals surface area contributed by atoms with Crippen LogP contribution in [-0.4, -0.2) is 34.1 Å². The summed E-state index contributed by atoms with van der Waals surface area (Å²) in [6.07, 6.45) is 6.61. The molecule has 7 nitrogen and oxygen atoms in total. The second kappa shape index (κ2) is 7.77. The molecule has 1 aromatic carbocycles. The number of carbonyl (C=O) groups excluding carboxylic acids is 1. The molecule has 2 aromatic heterocycles. The SMILES string of the molecule is COC(=O)c1ccc2c(c1)c(CC[N+](=O)[O-])cn2CCc1cccnc1. The Morgan fingerprint density at radius 2 is 2.15 bits per heavy atom. The Labute approximate surface area is 150 Å². The molecule has 0 atom stereocenters. The Morgan fingerprint density at radius 1 is 1.31 bits per heavy atom. The van der Waals surface area contributed by atoms with Gasteiger partial charge in [-0.05, 0) is 41.8 Å². The zero-order chi connectivity index (χ0) is 18.5. The Hall–Kier alpha value is -3.22. The van der Waals surface area contributed by atoms with Crippen LogP contribution in [0.4, 0.5) is 0 Å². The number of aromatic nitrogens is 2. The van der Waals surface area contributed by atoms with Crippen LogP contribution in [0.3, 0.4) is 0 Å². The number of nitro groups is 1. The van der Waals surface area contributed by atoms with Crippen LogP contribution in [-0.2, 0) is 24.1 Å². The zero-order valence-electron chi connectivity index (χ0n) is 14.4. The van der Waals surface area contributed by atoms with E-state index in [4.69, 9.17) is 4.74 Å². The fourth-order valence-corrected chi connectivity index (χ4v) is 3.01. The van der Waals surface area contributed by atoms with Crippen LogP contribution in [0.5, 0.6) is 0 Å². The van der Waals surface area contributed by atoms with Crippen molar-refractivity contribution in [1.29, 1.82) is 0 Å². The van der Waals surface area contributed by atoms with E-state index in [1.54, 1.807) is 18.3 Å². The summed E-state index contributed by atoms with van der Waals surface area (Å²) in [6.45, 7) is 0.572. The van der Waals surface area contributed by atoms with E-state index in [1.807, 2.05) is 30.6 Å². The number of esters is 1. The molecule has 3 aromatic rings. The quantitative estimate of drug-likeness (QED) is 0.370. The first-order chi connectivity index (χ1) is 12.6. The molecule has 0 radical (unpaired) electrons. The summed E-state index contributed by atoms with van der Waals surface area (Å²) in [4.78, 5) is 26.4. The maximum atomic E-state index is 11.8. The molecule has 26 heavy (non-hydrogen) atoms. The number of carbonyl (C=O) groups is 1. The Bertz CT molecular complexity index is 935. The number of benzene rings is 1. The van der Waals surface area contributed by atoms with Gasteiger partial charge in [-0.25, -0.2) is 4.79 Å². The van der Waals surface area contributed by atoms with Gasteiger partial charge in [0, 0.05) is 47.4 Å². The molecule has 0 amide bonds. The monoisotopic (exact) mass is 353 g/mol. The largest absolute Gasteiger partial charge is 0.465 e. The molecule has 0 N–H and O–H groups in total. The summed E-state index contributed by atoms with van der Waals surface area (Å²) in [5, 5.41) is 11.6. The highest BCUT2D eigenvalue weighted by Gasteiger charge is 2.14. The number of rotatable bonds is 7. The molecule has 0 unspecified atom stereocenters. The number of nitrogens with zero attached hydrogens (tertiary/aromatic N) is 3. The van der Waals surface area contributed by atoms with E-state index < -0.39 is 5.97 Å². The van der Waals surface area contributed by atoms with E-state index in [2.05, 4.69) is 9.55 Å². The maximum Gasteiger partial charge on any atom is 0.337 e. The second-order valence-electron chi connectivity index (χ2n) is 5.99. The van der Waals surface area contributed by atoms with E-state index in [9.17, 15) is 14.9 Å². The minimum Gasteiger partial charge on any atom is -0.465 e. The average Bonchev–Trinajstić information content (AvgIpc) is 3.02. The molecule has 134 valence electrons. The van der Waals surface area contributed by atoms with Gasteiger partial charge < -0.3 is 9.30 Å². The van der Waals surface area contributed by atoms with Crippen LogP contribution >= 0.6 is 0 Å². The normalized spacial score (nSPS) is 10.8. The predicted octanol–water partition coefficient (Wildman–Crippen LogP) is 2.88. The van der Waals surface area contributed by atoms with Crippen molar-refractivity contribution in [3.05, 3.63) is 75.7 Å².